The van der Waals surface area contributed by atoms with Gasteiger partial charge < -0.3 is 21.3 Å². The van der Waals surface area contributed by atoms with Gasteiger partial charge in [-0.3, -0.25) is 4.79 Å². The van der Waals surface area contributed by atoms with E-state index in [4.69, 9.17) is 16.7 Å². The molecule has 19 heavy (non-hydrogen) atoms. The highest BCUT2D eigenvalue weighted by molar-refractivity contribution is 7.17. The van der Waals surface area contributed by atoms with Crippen LogP contribution in [0.3, 0.4) is 0 Å². The molecule has 1 aliphatic heterocycles. The summed E-state index contributed by atoms with van der Waals surface area (Å²) in [6.07, 6.45) is 1.02. The number of nitrogens with zero attached hydrogens (tertiary/aromatic N) is 3. The van der Waals surface area contributed by atoms with E-state index in [2.05, 4.69) is 9.80 Å². The minimum atomic E-state index is -0.571. The van der Waals surface area contributed by atoms with Gasteiger partial charge in [0.1, 0.15) is 15.9 Å². The Kier molecular flexibility index (Phi) is 3.64. The smallest absolute Gasteiger partial charge is 0.253 e. The molecule has 1 aliphatic rings. The number of likely N-dealkylation sites (N-methyl/N-ethyl adjacent to an activating group) is 1. The van der Waals surface area contributed by atoms with Crippen LogP contribution in [-0.2, 0) is 0 Å². The number of nitrogens with two attached hydrogens (primary N) is 2. The molecule has 0 bridgehead atoms. The fraction of sp³-hybridized carbons (Fsp3) is 0.500. The fourth-order valence-electron chi connectivity index (χ4n) is 2.32. The number of nitriles is 1. The van der Waals surface area contributed by atoms with Gasteiger partial charge in [0.15, 0.2) is 0 Å². The number of nitrogen functional groups attached to an aromatic ring is 1. The van der Waals surface area contributed by atoms with Crippen LogP contribution in [0.25, 0.3) is 0 Å². The SMILES string of the molecule is CN(C)C1CCN(c2sc(C#N)c(N)c2C(N)=O)C1. The van der Waals surface area contributed by atoms with Crippen molar-refractivity contribution >= 4 is 27.9 Å². The second-order valence-electron chi connectivity index (χ2n) is 4.85. The Morgan fingerprint density at radius 2 is 2.26 bits per heavy atom. The number of carbonyl (C=O) groups is 1. The van der Waals surface area contributed by atoms with Crippen LogP contribution in [-0.4, -0.2) is 44.0 Å². The topological polar surface area (TPSA) is 99.4 Å². The van der Waals surface area contributed by atoms with Gasteiger partial charge in [0.05, 0.1) is 11.3 Å². The first-order valence-corrected chi connectivity index (χ1v) is 6.81. The monoisotopic (exact) mass is 279 g/mol. The van der Waals surface area contributed by atoms with Gasteiger partial charge in [-0.2, -0.15) is 5.26 Å². The molecule has 1 unspecified atom stereocenters. The summed E-state index contributed by atoms with van der Waals surface area (Å²) in [5, 5.41) is 9.75. The summed E-state index contributed by atoms with van der Waals surface area (Å²) in [6.45, 7) is 1.66. The van der Waals surface area contributed by atoms with Crippen molar-refractivity contribution in [2.75, 3.05) is 37.8 Å². The maximum absolute atomic E-state index is 11.5. The zero-order valence-corrected chi connectivity index (χ0v) is 11.8. The summed E-state index contributed by atoms with van der Waals surface area (Å²) in [5.74, 6) is -0.571. The van der Waals surface area contributed by atoms with Crippen molar-refractivity contribution in [1.82, 2.24) is 4.90 Å². The van der Waals surface area contributed by atoms with Crippen molar-refractivity contribution in [2.24, 2.45) is 5.73 Å². The van der Waals surface area contributed by atoms with Crippen LogP contribution < -0.4 is 16.4 Å². The summed E-state index contributed by atoms with van der Waals surface area (Å²) in [5.41, 5.74) is 11.7. The average Bonchev–Trinajstić information content (AvgIpc) is 2.92. The highest BCUT2D eigenvalue weighted by Crippen LogP contribution is 2.39. The zero-order chi connectivity index (χ0) is 14.2. The van der Waals surface area contributed by atoms with Crippen LogP contribution in [0.1, 0.15) is 21.7 Å². The van der Waals surface area contributed by atoms with E-state index < -0.39 is 5.91 Å². The van der Waals surface area contributed by atoms with Gasteiger partial charge in [-0.15, -0.1) is 11.3 Å². The van der Waals surface area contributed by atoms with Crippen LogP contribution in [0.5, 0.6) is 0 Å². The Hall–Kier alpha value is -1.78. The van der Waals surface area contributed by atoms with E-state index in [1.165, 1.54) is 11.3 Å². The van der Waals surface area contributed by atoms with Crippen molar-refractivity contribution in [1.29, 1.82) is 5.26 Å². The molecule has 1 saturated heterocycles. The van der Waals surface area contributed by atoms with Crippen molar-refractivity contribution in [3.05, 3.63) is 10.4 Å². The molecule has 0 aromatic carbocycles. The van der Waals surface area contributed by atoms with Gasteiger partial charge in [-0.1, -0.05) is 0 Å². The van der Waals surface area contributed by atoms with Gasteiger partial charge in [0, 0.05) is 19.1 Å². The molecule has 0 aliphatic carbocycles. The maximum atomic E-state index is 11.5. The number of carbonyl (C=O) groups excluding carboxylic acids is 1. The van der Waals surface area contributed by atoms with E-state index in [-0.39, 0.29) is 5.69 Å². The lowest BCUT2D eigenvalue weighted by Gasteiger charge is -2.21. The minimum Gasteiger partial charge on any atom is -0.396 e. The third-order valence-corrected chi connectivity index (χ3v) is 4.63. The normalized spacial score (nSPS) is 18.8. The molecular formula is C12H17N5OS. The van der Waals surface area contributed by atoms with E-state index in [0.29, 0.717) is 16.5 Å². The zero-order valence-electron chi connectivity index (χ0n) is 11.0. The van der Waals surface area contributed by atoms with Gasteiger partial charge >= 0.3 is 0 Å². The van der Waals surface area contributed by atoms with E-state index in [0.717, 1.165) is 24.5 Å². The van der Waals surface area contributed by atoms with Crippen LogP contribution in [0.15, 0.2) is 0 Å². The number of hydrogen-bond acceptors (Lipinski definition) is 6. The van der Waals surface area contributed by atoms with Crippen molar-refractivity contribution in [2.45, 2.75) is 12.5 Å². The molecule has 0 spiro atoms. The van der Waals surface area contributed by atoms with E-state index in [1.54, 1.807) is 0 Å². The number of rotatable bonds is 3. The second kappa shape index (κ2) is 5.07. The molecule has 0 saturated carbocycles. The van der Waals surface area contributed by atoms with Crippen LogP contribution in [0.4, 0.5) is 10.7 Å². The standard InChI is InChI=1S/C12H17N5OS/c1-16(2)7-3-4-17(6-7)12-9(11(15)18)10(14)8(5-13)19-12/h7H,3-4,6,14H2,1-2H3,(H2,15,18). The summed E-state index contributed by atoms with van der Waals surface area (Å²) < 4.78 is 0. The molecule has 0 radical (unpaired) electrons. The predicted molar refractivity (Wildman–Crippen MR) is 76.3 cm³/mol. The largest absolute Gasteiger partial charge is 0.396 e. The van der Waals surface area contributed by atoms with E-state index in [1.807, 2.05) is 20.2 Å². The molecule has 6 nitrogen and oxygen atoms in total. The lowest BCUT2D eigenvalue weighted by Crippen LogP contribution is -2.31. The molecular weight excluding hydrogens is 262 g/mol. The van der Waals surface area contributed by atoms with Gasteiger partial charge in [0.2, 0.25) is 0 Å². The predicted octanol–water partition coefficient (Wildman–Crippen LogP) is 0.441. The molecule has 2 heterocycles. The number of thiophene rings is 1. The number of anilines is 2. The third kappa shape index (κ3) is 2.37. The Labute approximate surface area is 116 Å². The summed E-state index contributed by atoms with van der Waals surface area (Å²) in [4.78, 5) is 16.2. The molecule has 1 atom stereocenters. The molecule has 2 rings (SSSR count). The number of hydrogen-bond donors (Lipinski definition) is 2. The first-order chi connectivity index (χ1) is 8.95. The summed E-state index contributed by atoms with van der Waals surface area (Å²) in [6, 6.07) is 2.46. The first kappa shape index (κ1) is 13.6. The molecule has 102 valence electrons. The number of amides is 1. The highest BCUT2D eigenvalue weighted by Gasteiger charge is 2.30. The van der Waals surface area contributed by atoms with Crippen LogP contribution in [0, 0.1) is 11.3 Å². The van der Waals surface area contributed by atoms with E-state index in [9.17, 15) is 4.79 Å². The fourth-order valence-corrected chi connectivity index (χ4v) is 3.38. The molecule has 1 fully saturated rings. The van der Waals surface area contributed by atoms with Crippen molar-refractivity contribution in [3.63, 3.8) is 0 Å². The molecule has 7 heteroatoms. The average molecular weight is 279 g/mol. The van der Waals surface area contributed by atoms with Crippen LogP contribution >= 0.6 is 11.3 Å². The maximum Gasteiger partial charge on any atom is 0.253 e. The van der Waals surface area contributed by atoms with Gasteiger partial charge in [-0.25, -0.2) is 0 Å². The third-order valence-electron chi connectivity index (χ3n) is 3.46. The number of primary amides is 1. The molecule has 1 aromatic rings. The summed E-state index contributed by atoms with van der Waals surface area (Å²) in [7, 11) is 4.07. The quantitative estimate of drug-likeness (QED) is 0.836. The van der Waals surface area contributed by atoms with Crippen molar-refractivity contribution in [3.8, 4) is 6.07 Å². The summed E-state index contributed by atoms with van der Waals surface area (Å²) >= 11 is 1.25. The van der Waals surface area contributed by atoms with Crippen molar-refractivity contribution < 1.29 is 4.79 Å². The Morgan fingerprint density at radius 1 is 1.58 bits per heavy atom. The van der Waals surface area contributed by atoms with Gasteiger partial charge in [0.25, 0.3) is 5.91 Å². The van der Waals surface area contributed by atoms with E-state index >= 15 is 0 Å². The second-order valence-corrected chi connectivity index (χ2v) is 5.85. The Balaban J connectivity index is 2.36. The molecule has 1 aromatic heterocycles. The Bertz CT molecular complexity index is 545. The minimum absolute atomic E-state index is 0.211. The lowest BCUT2D eigenvalue weighted by molar-refractivity contribution is 0.100. The lowest BCUT2D eigenvalue weighted by atomic mass is 10.2. The first-order valence-electron chi connectivity index (χ1n) is 5.99. The molecule has 1 amide bonds. The highest BCUT2D eigenvalue weighted by atomic mass is 32.1. The van der Waals surface area contributed by atoms with Crippen LogP contribution in [0.2, 0.25) is 0 Å². The molecule has 4 N–H and O–H groups in total. The Morgan fingerprint density at radius 3 is 2.74 bits per heavy atom. The van der Waals surface area contributed by atoms with Gasteiger partial charge in [-0.05, 0) is 20.5 Å².